The maximum atomic E-state index is 13.8. The molecule has 0 amide bonds. The monoisotopic (exact) mass is 513 g/mol. The molecule has 194 valence electrons. The maximum Gasteiger partial charge on any atom is 0.323 e. The van der Waals surface area contributed by atoms with E-state index in [1.165, 1.54) is 7.11 Å². The minimum absolute atomic E-state index is 0.144. The standard InChI is InChI=1S/C30H27NO7/c1-18-27(20-8-10-25-26(15-20)36-13-12-35-25)28(32)21-9-11-24-22(29(21)38-18)16-31(17-37-24)23(30(33)34-2)14-19-6-4-3-5-7-19/h3-11,15,23H,12-14,16-17H2,1-2H3/t23-/m0/s1. The fourth-order valence-electron chi connectivity index (χ4n) is 5.16. The summed E-state index contributed by atoms with van der Waals surface area (Å²) < 4.78 is 28.8. The van der Waals surface area contributed by atoms with Gasteiger partial charge in [0.1, 0.15) is 43.1 Å². The molecule has 8 nitrogen and oxygen atoms in total. The van der Waals surface area contributed by atoms with Gasteiger partial charge in [-0.05, 0) is 48.7 Å². The van der Waals surface area contributed by atoms with Gasteiger partial charge in [-0.3, -0.25) is 14.5 Å². The summed E-state index contributed by atoms with van der Waals surface area (Å²) in [6, 6.07) is 18.2. The molecule has 4 aromatic rings. The molecule has 2 aliphatic heterocycles. The molecule has 3 aromatic carbocycles. The van der Waals surface area contributed by atoms with E-state index >= 15 is 0 Å². The van der Waals surface area contributed by atoms with Crippen molar-refractivity contribution in [1.82, 2.24) is 4.90 Å². The predicted octanol–water partition coefficient (Wildman–Crippen LogP) is 4.48. The van der Waals surface area contributed by atoms with Crippen LogP contribution in [0.15, 0.2) is 69.9 Å². The third-order valence-corrected chi connectivity index (χ3v) is 7.06. The maximum absolute atomic E-state index is 13.8. The molecule has 0 radical (unpaired) electrons. The van der Waals surface area contributed by atoms with Gasteiger partial charge in [0.05, 0.1) is 23.6 Å². The molecule has 0 bridgehead atoms. The summed E-state index contributed by atoms with van der Waals surface area (Å²) in [5.74, 6) is 2.03. The number of hydrogen-bond donors (Lipinski definition) is 0. The highest BCUT2D eigenvalue weighted by Crippen LogP contribution is 2.37. The Morgan fingerprint density at radius 1 is 0.974 bits per heavy atom. The average molecular weight is 514 g/mol. The van der Waals surface area contributed by atoms with Gasteiger partial charge in [0.15, 0.2) is 11.5 Å². The highest BCUT2D eigenvalue weighted by atomic mass is 16.6. The van der Waals surface area contributed by atoms with Crippen LogP contribution in [0.4, 0.5) is 0 Å². The number of nitrogens with zero attached hydrogens (tertiary/aromatic N) is 1. The van der Waals surface area contributed by atoms with Gasteiger partial charge in [-0.1, -0.05) is 36.4 Å². The first-order valence-electron chi connectivity index (χ1n) is 12.5. The lowest BCUT2D eigenvalue weighted by Gasteiger charge is -2.34. The van der Waals surface area contributed by atoms with Crippen molar-refractivity contribution < 1.29 is 28.2 Å². The van der Waals surface area contributed by atoms with Crippen LogP contribution < -0.4 is 19.6 Å². The second-order valence-electron chi connectivity index (χ2n) is 9.39. The molecule has 0 saturated heterocycles. The molecule has 0 N–H and O–H groups in total. The SMILES string of the molecule is COC(=O)[C@H](Cc1ccccc1)N1COc2ccc3c(=O)c(-c4ccc5c(c4)OCCO5)c(C)oc3c2C1. The number of benzene rings is 3. The van der Waals surface area contributed by atoms with Gasteiger partial charge in [0, 0.05) is 6.54 Å². The van der Waals surface area contributed by atoms with Crippen LogP contribution in [0.25, 0.3) is 22.1 Å². The summed E-state index contributed by atoms with van der Waals surface area (Å²) in [5.41, 5.74) is 3.22. The van der Waals surface area contributed by atoms with E-state index in [2.05, 4.69) is 0 Å². The highest BCUT2D eigenvalue weighted by Gasteiger charge is 2.33. The van der Waals surface area contributed by atoms with E-state index in [0.29, 0.717) is 71.3 Å². The zero-order chi connectivity index (χ0) is 26.2. The van der Waals surface area contributed by atoms with Gasteiger partial charge < -0.3 is 23.4 Å². The van der Waals surface area contributed by atoms with Crippen molar-refractivity contribution >= 4 is 16.9 Å². The van der Waals surface area contributed by atoms with Gasteiger partial charge in [-0.25, -0.2) is 0 Å². The molecule has 3 heterocycles. The van der Waals surface area contributed by atoms with Crippen molar-refractivity contribution in [3.05, 3.63) is 87.8 Å². The Bertz CT molecular complexity index is 1580. The van der Waals surface area contributed by atoms with Crippen LogP contribution in [-0.4, -0.2) is 44.0 Å². The third kappa shape index (κ3) is 4.26. The largest absolute Gasteiger partial charge is 0.486 e. The van der Waals surface area contributed by atoms with E-state index in [9.17, 15) is 9.59 Å². The van der Waals surface area contributed by atoms with Crippen LogP contribution >= 0.6 is 0 Å². The number of methoxy groups -OCH3 is 1. The van der Waals surface area contributed by atoms with Crippen LogP contribution in [-0.2, 0) is 22.5 Å². The van der Waals surface area contributed by atoms with Crippen LogP contribution in [0, 0.1) is 6.92 Å². The molecule has 38 heavy (non-hydrogen) atoms. The Kier molecular flexibility index (Phi) is 6.25. The summed E-state index contributed by atoms with van der Waals surface area (Å²) >= 11 is 0. The van der Waals surface area contributed by atoms with Crippen LogP contribution in [0.2, 0.25) is 0 Å². The lowest BCUT2D eigenvalue weighted by Crippen LogP contribution is -2.46. The summed E-state index contributed by atoms with van der Waals surface area (Å²) in [6.45, 7) is 3.31. The number of esters is 1. The van der Waals surface area contributed by atoms with Gasteiger partial charge in [0.2, 0.25) is 5.43 Å². The highest BCUT2D eigenvalue weighted by molar-refractivity contribution is 5.87. The second-order valence-corrected chi connectivity index (χ2v) is 9.39. The fourth-order valence-corrected chi connectivity index (χ4v) is 5.16. The van der Waals surface area contributed by atoms with Crippen molar-refractivity contribution in [3.63, 3.8) is 0 Å². The van der Waals surface area contributed by atoms with Crippen LogP contribution in [0.5, 0.6) is 17.2 Å². The second kappa shape index (κ2) is 9.87. The molecule has 0 saturated carbocycles. The molecule has 8 heteroatoms. The number of aryl methyl sites for hydroxylation is 1. The third-order valence-electron chi connectivity index (χ3n) is 7.06. The molecule has 1 atom stereocenters. The Morgan fingerprint density at radius 2 is 1.74 bits per heavy atom. The van der Waals surface area contributed by atoms with Crippen molar-refractivity contribution in [2.45, 2.75) is 25.9 Å². The summed E-state index contributed by atoms with van der Waals surface area (Å²) in [5, 5.41) is 0.447. The molecule has 2 aliphatic rings. The summed E-state index contributed by atoms with van der Waals surface area (Å²) in [7, 11) is 1.39. The van der Waals surface area contributed by atoms with Crippen molar-refractivity contribution in [2.75, 3.05) is 27.1 Å². The smallest absolute Gasteiger partial charge is 0.323 e. The Hall–Kier alpha value is -4.30. The quantitative estimate of drug-likeness (QED) is 0.361. The molecule has 1 aromatic heterocycles. The summed E-state index contributed by atoms with van der Waals surface area (Å²) in [6.07, 6.45) is 0.466. The normalized spacial score (nSPS) is 15.4. The molecule has 6 rings (SSSR count). The molecule has 0 fully saturated rings. The van der Waals surface area contributed by atoms with Gasteiger partial charge in [-0.2, -0.15) is 0 Å². The Labute approximate surface area is 219 Å². The first kappa shape index (κ1) is 24.1. The molecular weight excluding hydrogens is 486 g/mol. The first-order chi connectivity index (χ1) is 18.5. The van der Waals surface area contributed by atoms with Gasteiger partial charge in [-0.15, -0.1) is 0 Å². The number of carbonyl (C=O) groups excluding carboxylic acids is 1. The number of rotatable bonds is 5. The first-order valence-corrected chi connectivity index (χ1v) is 12.5. The number of fused-ring (bicyclic) bond motifs is 4. The van der Waals surface area contributed by atoms with E-state index in [0.717, 1.165) is 11.1 Å². The van der Waals surface area contributed by atoms with E-state index in [1.807, 2.05) is 53.4 Å². The molecular formula is C30H27NO7. The van der Waals surface area contributed by atoms with E-state index < -0.39 is 6.04 Å². The lowest BCUT2D eigenvalue weighted by atomic mass is 9.99. The van der Waals surface area contributed by atoms with Gasteiger partial charge >= 0.3 is 5.97 Å². The summed E-state index contributed by atoms with van der Waals surface area (Å²) in [4.78, 5) is 28.5. The molecule has 0 spiro atoms. The molecule has 0 unspecified atom stereocenters. The Balaban J connectivity index is 1.39. The number of hydrogen-bond acceptors (Lipinski definition) is 8. The van der Waals surface area contributed by atoms with Crippen LogP contribution in [0.3, 0.4) is 0 Å². The van der Waals surface area contributed by atoms with E-state index in [1.54, 1.807) is 19.1 Å². The minimum Gasteiger partial charge on any atom is -0.486 e. The molecule has 0 aliphatic carbocycles. The van der Waals surface area contributed by atoms with Crippen LogP contribution in [0.1, 0.15) is 16.9 Å². The fraction of sp³-hybridized carbons (Fsp3) is 0.267. The lowest BCUT2D eigenvalue weighted by molar-refractivity contribution is -0.149. The predicted molar refractivity (Wildman–Crippen MR) is 141 cm³/mol. The van der Waals surface area contributed by atoms with E-state index in [-0.39, 0.29) is 18.1 Å². The minimum atomic E-state index is -0.560. The van der Waals surface area contributed by atoms with Gasteiger partial charge in [0.25, 0.3) is 0 Å². The number of carbonyl (C=O) groups is 1. The number of ether oxygens (including phenoxy) is 4. The average Bonchev–Trinajstić information content (AvgIpc) is 2.95. The topological polar surface area (TPSA) is 87.4 Å². The zero-order valence-electron chi connectivity index (χ0n) is 21.2. The van der Waals surface area contributed by atoms with E-state index in [4.69, 9.17) is 23.4 Å². The van der Waals surface area contributed by atoms with Crippen molar-refractivity contribution in [3.8, 4) is 28.4 Å². The Morgan fingerprint density at radius 3 is 2.53 bits per heavy atom. The van der Waals surface area contributed by atoms with Crippen molar-refractivity contribution in [2.24, 2.45) is 0 Å². The van der Waals surface area contributed by atoms with Crippen molar-refractivity contribution in [1.29, 1.82) is 0 Å². The zero-order valence-corrected chi connectivity index (χ0v) is 21.2.